The average Bonchev–Trinajstić information content (AvgIpc) is 2.96. The van der Waals surface area contributed by atoms with Crippen LogP contribution in [0.2, 0.25) is 0 Å². The number of benzene rings is 1. The number of rotatable bonds is 7. The molecule has 5 heteroatoms. The van der Waals surface area contributed by atoms with E-state index in [9.17, 15) is 9.18 Å². The summed E-state index contributed by atoms with van der Waals surface area (Å²) in [5.74, 6) is -0.887. The first kappa shape index (κ1) is 14.9. The third-order valence-electron chi connectivity index (χ3n) is 3.20. The molecule has 1 heterocycles. The topological polar surface area (TPSA) is 47.6 Å². The van der Waals surface area contributed by atoms with Crippen LogP contribution in [0.5, 0.6) is 0 Å². The fraction of sp³-hybridized carbons (Fsp3) is 0.533. The minimum absolute atomic E-state index is 0.0766. The molecule has 1 unspecified atom stereocenters. The molecule has 0 bridgehead atoms. The van der Waals surface area contributed by atoms with Crippen LogP contribution in [0.4, 0.5) is 4.39 Å². The van der Waals surface area contributed by atoms with Crippen molar-refractivity contribution in [3.63, 3.8) is 0 Å². The molecule has 1 saturated heterocycles. The zero-order chi connectivity index (χ0) is 14.2. The lowest BCUT2D eigenvalue weighted by Crippen LogP contribution is -2.26. The molecule has 1 aliphatic rings. The molecule has 1 aliphatic heterocycles. The highest BCUT2D eigenvalue weighted by Gasteiger charge is 2.15. The number of carbonyl (C=O) groups is 1. The Bertz CT molecular complexity index is 433. The fourth-order valence-corrected chi connectivity index (χ4v) is 2.11. The molecule has 1 atom stereocenters. The van der Waals surface area contributed by atoms with Gasteiger partial charge in [-0.1, -0.05) is 12.1 Å². The van der Waals surface area contributed by atoms with E-state index in [-0.39, 0.29) is 17.6 Å². The van der Waals surface area contributed by atoms with E-state index < -0.39 is 5.82 Å². The van der Waals surface area contributed by atoms with Crippen molar-refractivity contribution in [1.82, 2.24) is 5.32 Å². The maximum absolute atomic E-state index is 13.3. The summed E-state index contributed by atoms with van der Waals surface area (Å²) in [6.45, 7) is 2.48. The normalized spacial score (nSPS) is 18.1. The summed E-state index contributed by atoms with van der Waals surface area (Å²) < 4.78 is 24.3. The molecule has 1 fully saturated rings. The van der Waals surface area contributed by atoms with Crippen LogP contribution in [0.15, 0.2) is 24.3 Å². The van der Waals surface area contributed by atoms with E-state index in [1.165, 1.54) is 12.1 Å². The number of halogens is 1. The molecule has 0 aliphatic carbocycles. The van der Waals surface area contributed by atoms with E-state index in [1.54, 1.807) is 12.1 Å². The number of carbonyl (C=O) groups excluding carboxylic acids is 1. The van der Waals surface area contributed by atoms with E-state index in [0.717, 1.165) is 19.4 Å². The van der Waals surface area contributed by atoms with Gasteiger partial charge in [-0.15, -0.1) is 0 Å². The molecular weight excluding hydrogens is 261 g/mol. The van der Waals surface area contributed by atoms with Gasteiger partial charge in [-0.05, 0) is 31.4 Å². The molecular formula is C15H20FNO3. The zero-order valence-electron chi connectivity index (χ0n) is 11.4. The molecule has 4 nitrogen and oxygen atoms in total. The van der Waals surface area contributed by atoms with Crippen molar-refractivity contribution in [2.24, 2.45) is 0 Å². The Morgan fingerprint density at radius 2 is 2.30 bits per heavy atom. The standard InChI is InChI=1S/C15H20FNO3/c16-14-7-2-1-6-13(14)15(18)17-8-4-9-19-11-12-5-3-10-20-12/h1-2,6-7,12H,3-5,8-11H2,(H,17,18). The van der Waals surface area contributed by atoms with Gasteiger partial charge in [0.15, 0.2) is 0 Å². The van der Waals surface area contributed by atoms with Crippen molar-refractivity contribution in [2.45, 2.75) is 25.4 Å². The van der Waals surface area contributed by atoms with Crippen molar-refractivity contribution in [3.8, 4) is 0 Å². The van der Waals surface area contributed by atoms with Crippen molar-refractivity contribution in [3.05, 3.63) is 35.6 Å². The van der Waals surface area contributed by atoms with Gasteiger partial charge in [-0.2, -0.15) is 0 Å². The Balaban J connectivity index is 1.56. The summed E-state index contributed by atoms with van der Waals surface area (Å²) in [7, 11) is 0. The quantitative estimate of drug-likeness (QED) is 0.779. The molecule has 1 amide bonds. The van der Waals surface area contributed by atoms with Crippen LogP contribution in [-0.4, -0.2) is 38.4 Å². The summed E-state index contributed by atoms with van der Waals surface area (Å²) >= 11 is 0. The van der Waals surface area contributed by atoms with Gasteiger partial charge < -0.3 is 14.8 Å². The minimum atomic E-state index is -0.500. The molecule has 0 radical (unpaired) electrons. The van der Waals surface area contributed by atoms with Crippen molar-refractivity contribution >= 4 is 5.91 Å². The zero-order valence-corrected chi connectivity index (χ0v) is 11.4. The van der Waals surface area contributed by atoms with E-state index in [2.05, 4.69) is 5.32 Å². The molecule has 1 N–H and O–H groups in total. The number of amides is 1. The molecule has 110 valence electrons. The highest BCUT2D eigenvalue weighted by Crippen LogP contribution is 2.11. The van der Waals surface area contributed by atoms with Crippen LogP contribution < -0.4 is 5.32 Å². The Kier molecular flexibility index (Phi) is 5.95. The molecule has 20 heavy (non-hydrogen) atoms. The molecule has 1 aromatic rings. The lowest BCUT2D eigenvalue weighted by Gasteiger charge is -2.10. The summed E-state index contributed by atoms with van der Waals surface area (Å²) in [4.78, 5) is 11.7. The molecule has 2 rings (SSSR count). The Labute approximate surface area is 118 Å². The third kappa shape index (κ3) is 4.58. The van der Waals surface area contributed by atoms with Gasteiger partial charge >= 0.3 is 0 Å². The van der Waals surface area contributed by atoms with Crippen LogP contribution in [0.1, 0.15) is 29.6 Å². The largest absolute Gasteiger partial charge is 0.379 e. The van der Waals surface area contributed by atoms with Gasteiger partial charge in [-0.25, -0.2) is 4.39 Å². The molecule has 0 spiro atoms. The summed E-state index contributed by atoms with van der Waals surface area (Å²) in [6.07, 6.45) is 3.09. The Morgan fingerprint density at radius 3 is 3.05 bits per heavy atom. The van der Waals surface area contributed by atoms with Crippen LogP contribution in [0.25, 0.3) is 0 Å². The monoisotopic (exact) mass is 281 g/mol. The second-order valence-corrected chi connectivity index (χ2v) is 4.80. The predicted molar refractivity (Wildman–Crippen MR) is 73.1 cm³/mol. The third-order valence-corrected chi connectivity index (χ3v) is 3.20. The molecule has 0 saturated carbocycles. The highest BCUT2D eigenvalue weighted by molar-refractivity contribution is 5.94. The molecule has 0 aromatic heterocycles. The minimum Gasteiger partial charge on any atom is -0.379 e. The van der Waals surface area contributed by atoms with Gasteiger partial charge in [0.25, 0.3) is 5.91 Å². The number of nitrogens with one attached hydrogen (secondary N) is 1. The van der Waals surface area contributed by atoms with Gasteiger partial charge in [0, 0.05) is 19.8 Å². The van der Waals surface area contributed by atoms with Gasteiger partial charge in [0.1, 0.15) is 5.82 Å². The van der Waals surface area contributed by atoms with Crippen LogP contribution in [0.3, 0.4) is 0 Å². The van der Waals surface area contributed by atoms with E-state index >= 15 is 0 Å². The highest BCUT2D eigenvalue weighted by atomic mass is 19.1. The number of hydrogen-bond acceptors (Lipinski definition) is 3. The summed E-state index contributed by atoms with van der Waals surface area (Å²) in [5.41, 5.74) is 0.0766. The van der Waals surface area contributed by atoms with Crippen LogP contribution >= 0.6 is 0 Å². The van der Waals surface area contributed by atoms with E-state index in [4.69, 9.17) is 9.47 Å². The Morgan fingerprint density at radius 1 is 1.45 bits per heavy atom. The first-order chi connectivity index (χ1) is 9.77. The second kappa shape index (κ2) is 7.97. The van der Waals surface area contributed by atoms with E-state index in [1.807, 2.05) is 0 Å². The molecule has 1 aromatic carbocycles. The van der Waals surface area contributed by atoms with Crippen LogP contribution in [-0.2, 0) is 9.47 Å². The van der Waals surface area contributed by atoms with Gasteiger partial charge in [0.2, 0.25) is 0 Å². The second-order valence-electron chi connectivity index (χ2n) is 4.80. The average molecular weight is 281 g/mol. The lowest BCUT2D eigenvalue weighted by atomic mass is 10.2. The van der Waals surface area contributed by atoms with Crippen molar-refractivity contribution in [2.75, 3.05) is 26.4 Å². The number of ether oxygens (including phenoxy) is 2. The van der Waals surface area contributed by atoms with Gasteiger partial charge in [-0.3, -0.25) is 4.79 Å². The van der Waals surface area contributed by atoms with Crippen LogP contribution in [0, 0.1) is 5.82 Å². The smallest absolute Gasteiger partial charge is 0.254 e. The predicted octanol–water partition coefficient (Wildman–Crippen LogP) is 2.14. The first-order valence-corrected chi connectivity index (χ1v) is 6.99. The van der Waals surface area contributed by atoms with Gasteiger partial charge in [0.05, 0.1) is 18.3 Å². The lowest BCUT2D eigenvalue weighted by molar-refractivity contribution is 0.0166. The SMILES string of the molecule is O=C(NCCCOCC1CCCO1)c1ccccc1F. The maximum atomic E-state index is 13.3. The summed E-state index contributed by atoms with van der Waals surface area (Å²) in [6, 6.07) is 5.95. The maximum Gasteiger partial charge on any atom is 0.254 e. The van der Waals surface area contributed by atoms with E-state index in [0.29, 0.717) is 26.2 Å². The van der Waals surface area contributed by atoms with Crippen molar-refractivity contribution in [1.29, 1.82) is 0 Å². The number of hydrogen-bond donors (Lipinski definition) is 1. The summed E-state index contributed by atoms with van der Waals surface area (Å²) in [5, 5.41) is 2.68. The van der Waals surface area contributed by atoms with Crippen molar-refractivity contribution < 1.29 is 18.7 Å². The Hall–Kier alpha value is -1.46. The first-order valence-electron chi connectivity index (χ1n) is 6.99. The fourth-order valence-electron chi connectivity index (χ4n) is 2.11.